The van der Waals surface area contributed by atoms with Crippen LogP contribution in [0.25, 0.3) is 22.3 Å². The summed E-state index contributed by atoms with van der Waals surface area (Å²) in [6.07, 6.45) is 4.69. The van der Waals surface area contributed by atoms with E-state index in [2.05, 4.69) is 32.1 Å². The fourth-order valence-corrected chi connectivity index (χ4v) is 6.69. The normalized spacial score (nSPS) is 18.0. The Balaban J connectivity index is 1.13. The summed E-state index contributed by atoms with van der Waals surface area (Å²) in [6, 6.07) is 13.1. The number of imidazole rings is 2. The molecule has 50 heavy (non-hydrogen) atoms. The summed E-state index contributed by atoms with van der Waals surface area (Å²) in [4.78, 5) is 60.3. The minimum atomic E-state index is -0.683. The average Bonchev–Trinajstić information content (AvgIpc) is 3.94. The number of ether oxygens (including phenoxy) is 1. The standard InChI is InChI=1S/C38H46N8O4/c1-23(2)33(43-37(48)50-6)36(47)45-19-7-10-32(45)35-40-28-18-15-26(21-29(28)41-35)12-11-25-13-16-27(17-14-25)30-22-39-34(42-30)31-9-8-20-46(31)38(49)44(5)24(3)4/h13-18,21-24,31-33H,7-10,19-20H2,1-6H3,(H,39,42)(H,40,41)(H,43,48)/t31-,32-,33-/m0/s1. The molecular weight excluding hydrogens is 632 g/mol. The van der Waals surface area contributed by atoms with E-state index in [-0.39, 0.29) is 36.0 Å². The third-order valence-corrected chi connectivity index (χ3v) is 9.78. The first kappa shape index (κ1) is 34.5. The number of aromatic amines is 2. The van der Waals surface area contributed by atoms with E-state index in [0.717, 1.165) is 77.3 Å². The summed E-state index contributed by atoms with van der Waals surface area (Å²) in [5, 5.41) is 2.69. The Labute approximate surface area is 293 Å². The summed E-state index contributed by atoms with van der Waals surface area (Å²) in [5.74, 6) is 7.83. The highest BCUT2D eigenvalue weighted by atomic mass is 16.5. The summed E-state index contributed by atoms with van der Waals surface area (Å²) in [6.45, 7) is 9.17. The lowest BCUT2D eigenvalue weighted by Crippen LogP contribution is -2.51. The van der Waals surface area contributed by atoms with E-state index >= 15 is 0 Å². The molecule has 0 radical (unpaired) electrons. The second-order valence-corrected chi connectivity index (χ2v) is 13.7. The second-order valence-electron chi connectivity index (χ2n) is 13.7. The quantitative estimate of drug-likeness (QED) is 0.205. The molecule has 262 valence electrons. The summed E-state index contributed by atoms with van der Waals surface area (Å²) in [7, 11) is 3.14. The fourth-order valence-electron chi connectivity index (χ4n) is 6.69. The second kappa shape index (κ2) is 14.7. The third-order valence-electron chi connectivity index (χ3n) is 9.78. The molecule has 12 nitrogen and oxygen atoms in total. The molecule has 0 aliphatic carbocycles. The van der Waals surface area contributed by atoms with Gasteiger partial charge in [0.1, 0.15) is 17.7 Å². The van der Waals surface area contributed by atoms with Crippen LogP contribution in [0.4, 0.5) is 9.59 Å². The molecule has 2 aliphatic rings. The molecular formula is C38H46N8O4. The molecule has 4 amide bonds. The van der Waals surface area contributed by atoms with Gasteiger partial charge in [0, 0.05) is 37.3 Å². The number of hydrogen-bond acceptors (Lipinski definition) is 6. The highest BCUT2D eigenvalue weighted by Crippen LogP contribution is 2.34. The van der Waals surface area contributed by atoms with E-state index < -0.39 is 12.1 Å². The van der Waals surface area contributed by atoms with Crippen LogP contribution in [0.5, 0.6) is 0 Å². The van der Waals surface area contributed by atoms with Crippen molar-refractivity contribution in [3.8, 4) is 23.1 Å². The van der Waals surface area contributed by atoms with Crippen LogP contribution in [0, 0.1) is 17.8 Å². The lowest BCUT2D eigenvalue weighted by Gasteiger charge is -2.30. The lowest BCUT2D eigenvalue weighted by atomic mass is 10.0. The van der Waals surface area contributed by atoms with Gasteiger partial charge in [-0.05, 0) is 81.3 Å². The molecule has 3 N–H and O–H groups in total. The summed E-state index contributed by atoms with van der Waals surface area (Å²) >= 11 is 0. The fraction of sp³-hybridized carbons (Fsp3) is 0.447. The molecule has 0 spiro atoms. The van der Waals surface area contributed by atoms with Crippen LogP contribution in [0.2, 0.25) is 0 Å². The SMILES string of the molecule is COC(=O)N[C@H](C(=O)N1CCC[C@H]1c1nc2ccc(C#Cc3ccc(-c4cnc([C@@H]5CCCN5C(=O)N(C)C(C)C)[nH]4)cc3)cc2[nH]1)C(C)C. The number of hydrogen-bond donors (Lipinski definition) is 3. The van der Waals surface area contributed by atoms with Crippen molar-refractivity contribution in [2.24, 2.45) is 5.92 Å². The van der Waals surface area contributed by atoms with Crippen LogP contribution in [0.15, 0.2) is 48.7 Å². The zero-order valence-corrected chi connectivity index (χ0v) is 29.6. The Morgan fingerprint density at radius 3 is 2.26 bits per heavy atom. The van der Waals surface area contributed by atoms with Crippen LogP contribution in [-0.4, -0.2) is 92.0 Å². The van der Waals surface area contributed by atoms with Gasteiger partial charge in [-0.3, -0.25) is 4.79 Å². The molecule has 0 unspecified atom stereocenters. The van der Waals surface area contributed by atoms with Crippen molar-refractivity contribution in [1.29, 1.82) is 0 Å². The third kappa shape index (κ3) is 7.18. The van der Waals surface area contributed by atoms with Crippen LogP contribution in [0.1, 0.15) is 88.2 Å². The molecule has 3 atom stereocenters. The number of fused-ring (bicyclic) bond motifs is 1. The van der Waals surface area contributed by atoms with E-state index in [0.29, 0.717) is 6.54 Å². The first-order chi connectivity index (χ1) is 24.0. The Kier molecular flexibility index (Phi) is 10.1. The predicted octanol–water partition coefficient (Wildman–Crippen LogP) is 5.99. The molecule has 4 heterocycles. The van der Waals surface area contributed by atoms with Gasteiger partial charge in [-0.1, -0.05) is 37.8 Å². The van der Waals surface area contributed by atoms with E-state index in [1.165, 1.54) is 7.11 Å². The van der Waals surface area contributed by atoms with E-state index in [4.69, 9.17) is 9.72 Å². The molecule has 0 saturated carbocycles. The molecule has 6 rings (SSSR count). The number of amides is 4. The number of carbonyl (C=O) groups excluding carboxylic acids is 3. The van der Waals surface area contributed by atoms with Gasteiger partial charge in [0.25, 0.3) is 0 Å². The number of likely N-dealkylation sites (tertiary alicyclic amines) is 2. The van der Waals surface area contributed by atoms with Gasteiger partial charge in [0.05, 0.1) is 42.1 Å². The summed E-state index contributed by atoms with van der Waals surface area (Å²) < 4.78 is 4.75. The minimum absolute atomic E-state index is 0.0362. The van der Waals surface area contributed by atoms with Gasteiger partial charge in [0.2, 0.25) is 5.91 Å². The van der Waals surface area contributed by atoms with E-state index in [9.17, 15) is 14.4 Å². The number of H-pyrrole nitrogens is 2. The number of methoxy groups -OCH3 is 1. The molecule has 0 bridgehead atoms. The molecule has 2 fully saturated rings. The largest absolute Gasteiger partial charge is 0.453 e. The van der Waals surface area contributed by atoms with Gasteiger partial charge >= 0.3 is 12.1 Å². The van der Waals surface area contributed by atoms with Crippen LogP contribution in [0.3, 0.4) is 0 Å². The van der Waals surface area contributed by atoms with Crippen LogP contribution in [-0.2, 0) is 9.53 Å². The van der Waals surface area contributed by atoms with Crippen molar-refractivity contribution in [2.45, 2.75) is 77.5 Å². The van der Waals surface area contributed by atoms with Gasteiger partial charge in [0.15, 0.2) is 0 Å². The number of alkyl carbamates (subject to hydrolysis) is 1. The number of urea groups is 1. The minimum Gasteiger partial charge on any atom is -0.453 e. The maximum atomic E-state index is 13.5. The number of aromatic nitrogens is 4. The van der Waals surface area contributed by atoms with Gasteiger partial charge < -0.3 is 34.7 Å². The van der Waals surface area contributed by atoms with Crippen LogP contribution < -0.4 is 5.32 Å². The van der Waals surface area contributed by atoms with Crippen molar-refractivity contribution in [3.63, 3.8) is 0 Å². The van der Waals surface area contributed by atoms with Gasteiger partial charge in [-0.25, -0.2) is 19.6 Å². The Bertz CT molecular complexity index is 1920. The maximum Gasteiger partial charge on any atom is 0.407 e. The molecule has 2 saturated heterocycles. The van der Waals surface area contributed by atoms with E-state index in [1.54, 1.807) is 4.90 Å². The average molecular weight is 679 g/mol. The summed E-state index contributed by atoms with van der Waals surface area (Å²) in [5.41, 5.74) is 5.27. The smallest absolute Gasteiger partial charge is 0.407 e. The van der Waals surface area contributed by atoms with Gasteiger partial charge in [-0.15, -0.1) is 0 Å². The van der Waals surface area contributed by atoms with Crippen molar-refractivity contribution in [2.75, 3.05) is 27.2 Å². The molecule has 2 aromatic heterocycles. The van der Waals surface area contributed by atoms with Crippen molar-refractivity contribution >= 4 is 29.1 Å². The van der Waals surface area contributed by atoms with Crippen molar-refractivity contribution in [3.05, 3.63) is 71.4 Å². The zero-order chi connectivity index (χ0) is 35.5. The number of rotatable bonds is 7. The molecule has 4 aromatic rings. The lowest BCUT2D eigenvalue weighted by molar-refractivity contribution is -0.135. The maximum absolute atomic E-state index is 13.5. The molecule has 2 aromatic carbocycles. The molecule has 12 heteroatoms. The monoisotopic (exact) mass is 678 g/mol. The van der Waals surface area contributed by atoms with E-state index in [1.807, 2.05) is 93.2 Å². The number of nitrogens with one attached hydrogen (secondary N) is 3. The highest BCUT2D eigenvalue weighted by molar-refractivity contribution is 5.86. The first-order valence-corrected chi connectivity index (χ1v) is 17.4. The van der Waals surface area contributed by atoms with Gasteiger partial charge in [-0.2, -0.15) is 0 Å². The highest BCUT2D eigenvalue weighted by Gasteiger charge is 2.38. The topological polar surface area (TPSA) is 140 Å². The Morgan fingerprint density at radius 2 is 1.58 bits per heavy atom. The van der Waals surface area contributed by atoms with Crippen LogP contribution >= 0.6 is 0 Å². The predicted molar refractivity (Wildman–Crippen MR) is 191 cm³/mol. The number of benzene rings is 2. The number of nitrogens with zero attached hydrogens (tertiary/aromatic N) is 5. The number of carbonyl (C=O) groups is 3. The van der Waals surface area contributed by atoms with Crippen molar-refractivity contribution < 1.29 is 19.1 Å². The van der Waals surface area contributed by atoms with Crippen molar-refractivity contribution in [1.82, 2.24) is 40.0 Å². The Morgan fingerprint density at radius 1 is 0.920 bits per heavy atom. The zero-order valence-electron chi connectivity index (χ0n) is 29.6. The Hall–Kier alpha value is -5.31. The molecule has 2 aliphatic heterocycles. The first-order valence-electron chi connectivity index (χ1n) is 17.4.